The SMILES string of the molecule is C#CCn1c(=NC(=O)c2ccc3c(c2)OCCO3)sc2cc(C)ccc21. The first-order valence-electron chi connectivity index (χ1n) is 8.18. The maximum atomic E-state index is 12.7. The van der Waals surface area contributed by atoms with Crippen molar-refractivity contribution in [1.29, 1.82) is 0 Å². The molecule has 0 spiro atoms. The lowest BCUT2D eigenvalue weighted by molar-refractivity contribution is 0.0996. The summed E-state index contributed by atoms with van der Waals surface area (Å²) < 4.78 is 14.0. The molecule has 130 valence electrons. The minimum Gasteiger partial charge on any atom is -0.486 e. The molecule has 0 bridgehead atoms. The van der Waals surface area contributed by atoms with Crippen LogP contribution in [-0.2, 0) is 6.54 Å². The lowest BCUT2D eigenvalue weighted by atomic mass is 10.2. The van der Waals surface area contributed by atoms with Gasteiger partial charge in [0, 0.05) is 5.56 Å². The normalized spacial score (nSPS) is 13.6. The largest absolute Gasteiger partial charge is 0.486 e. The molecule has 0 unspecified atom stereocenters. The summed E-state index contributed by atoms with van der Waals surface area (Å²) >= 11 is 1.45. The van der Waals surface area contributed by atoms with Crippen molar-refractivity contribution in [3.05, 3.63) is 52.3 Å². The van der Waals surface area contributed by atoms with Crippen molar-refractivity contribution in [2.75, 3.05) is 13.2 Å². The molecule has 0 aliphatic carbocycles. The molecule has 2 heterocycles. The highest BCUT2D eigenvalue weighted by atomic mass is 32.1. The van der Waals surface area contributed by atoms with Gasteiger partial charge in [-0.15, -0.1) is 6.42 Å². The number of terminal acetylenes is 1. The minimum atomic E-state index is -0.337. The smallest absolute Gasteiger partial charge is 0.279 e. The van der Waals surface area contributed by atoms with Gasteiger partial charge in [-0.1, -0.05) is 23.3 Å². The Labute approximate surface area is 154 Å². The van der Waals surface area contributed by atoms with Gasteiger partial charge >= 0.3 is 0 Å². The minimum absolute atomic E-state index is 0.337. The molecule has 0 radical (unpaired) electrons. The zero-order valence-corrected chi connectivity index (χ0v) is 15.0. The third kappa shape index (κ3) is 2.98. The number of benzene rings is 2. The van der Waals surface area contributed by atoms with Crippen molar-refractivity contribution < 1.29 is 14.3 Å². The average molecular weight is 364 g/mol. The van der Waals surface area contributed by atoms with Gasteiger partial charge in [0.05, 0.1) is 16.8 Å². The molecule has 0 saturated carbocycles. The van der Waals surface area contributed by atoms with Crippen molar-refractivity contribution in [2.45, 2.75) is 13.5 Å². The zero-order chi connectivity index (χ0) is 18.1. The molecule has 3 aromatic rings. The number of rotatable bonds is 2. The lowest BCUT2D eigenvalue weighted by Gasteiger charge is -2.18. The molecular weight excluding hydrogens is 348 g/mol. The van der Waals surface area contributed by atoms with E-state index in [9.17, 15) is 4.79 Å². The molecule has 1 aromatic heterocycles. The number of carbonyl (C=O) groups is 1. The summed E-state index contributed by atoms with van der Waals surface area (Å²) in [7, 11) is 0. The monoisotopic (exact) mass is 364 g/mol. The van der Waals surface area contributed by atoms with Crippen LogP contribution in [0.1, 0.15) is 15.9 Å². The van der Waals surface area contributed by atoms with Crippen molar-refractivity contribution in [1.82, 2.24) is 4.57 Å². The Morgan fingerprint density at radius 3 is 2.85 bits per heavy atom. The summed E-state index contributed by atoms with van der Waals surface area (Å²) in [4.78, 5) is 17.6. The first kappa shape index (κ1) is 16.4. The Morgan fingerprint density at radius 1 is 1.23 bits per heavy atom. The Morgan fingerprint density at radius 2 is 2.04 bits per heavy atom. The standard InChI is InChI=1S/C20H16N2O3S/c1-3-8-22-15-6-4-13(2)11-18(15)26-20(22)21-19(23)14-5-7-16-17(12-14)25-10-9-24-16/h1,4-7,11-12H,8-10H2,2H3. The fourth-order valence-corrected chi connectivity index (χ4v) is 3.96. The maximum Gasteiger partial charge on any atom is 0.279 e. The predicted octanol–water partition coefficient (Wildman–Crippen LogP) is 3.16. The molecule has 4 rings (SSSR count). The van der Waals surface area contributed by atoms with E-state index in [-0.39, 0.29) is 5.91 Å². The van der Waals surface area contributed by atoms with Gasteiger partial charge in [0.1, 0.15) is 13.2 Å². The van der Waals surface area contributed by atoms with Crippen LogP contribution in [0.15, 0.2) is 41.4 Å². The number of ether oxygens (including phenoxy) is 2. The summed E-state index contributed by atoms with van der Waals surface area (Å²) in [5.74, 6) is 3.51. The number of hydrogen-bond acceptors (Lipinski definition) is 4. The van der Waals surface area contributed by atoms with Crippen LogP contribution in [0.2, 0.25) is 0 Å². The van der Waals surface area contributed by atoms with E-state index in [0.717, 1.165) is 15.8 Å². The molecule has 0 N–H and O–H groups in total. The van der Waals surface area contributed by atoms with Crippen LogP contribution < -0.4 is 14.3 Å². The van der Waals surface area contributed by atoms with Crippen LogP contribution in [-0.4, -0.2) is 23.7 Å². The summed E-state index contributed by atoms with van der Waals surface area (Å²) in [6, 6.07) is 11.2. The predicted molar refractivity (Wildman–Crippen MR) is 101 cm³/mol. The Bertz CT molecular complexity index is 1120. The maximum absolute atomic E-state index is 12.7. The molecular formula is C20H16N2O3S. The number of carbonyl (C=O) groups excluding carboxylic acids is 1. The highest BCUT2D eigenvalue weighted by Gasteiger charge is 2.15. The fourth-order valence-electron chi connectivity index (χ4n) is 2.84. The zero-order valence-electron chi connectivity index (χ0n) is 14.2. The first-order valence-corrected chi connectivity index (χ1v) is 8.99. The van der Waals surface area contributed by atoms with Crippen LogP contribution >= 0.6 is 11.3 Å². The van der Waals surface area contributed by atoms with Gasteiger partial charge in [-0.25, -0.2) is 0 Å². The second-order valence-electron chi connectivity index (χ2n) is 5.92. The lowest BCUT2D eigenvalue weighted by Crippen LogP contribution is -2.17. The first-order chi connectivity index (χ1) is 12.7. The van der Waals surface area contributed by atoms with Gasteiger partial charge in [0.25, 0.3) is 5.91 Å². The second kappa shape index (κ2) is 6.70. The van der Waals surface area contributed by atoms with Gasteiger partial charge in [-0.2, -0.15) is 4.99 Å². The van der Waals surface area contributed by atoms with Crippen LogP contribution in [0.3, 0.4) is 0 Å². The van der Waals surface area contributed by atoms with E-state index >= 15 is 0 Å². The van der Waals surface area contributed by atoms with E-state index in [1.165, 1.54) is 11.3 Å². The number of hydrogen-bond donors (Lipinski definition) is 0. The van der Waals surface area contributed by atoms with E-state index in [2.05, 4.69) is 17.0 Å². The number of aryl methyl sites for hydroxylation is 1. The number of aromatic nitrogens is 1. The molecule has 0 fully saturated rings. The Kier molecular flexibility index (Phi) is 4.23. The molecule has 1 amide bonds. The number of nitrogens with zero attached hydrogens (tertiary/aromatic N) is 2. The van der Waals surface area contributed by atoms with Crippen molar-refractivity contribution in [3.63, 3.8) is 0 Å². The molecule has 0 saturated heterocycles. The molecule has 6 heteroatoms. The Balaban J connectivity index is 1.79. The van der Waals surface area contributed by atoms with E-state index in [1.807, 2.05) is 23.6 Å². The van der Waals surface area contributed by atoms with E-state index in [0.29, 0.717) is 41.6 Å². The summed E-state index contributed by atoms with van der Waals surface area (Å²) in [6.45, 7) is 3.37. The number of amides is 1. The van der Waals surface area contributed by atoms with Crippen LogP contribution in [0.5, 0.6) is 11.5 Å². The molecule has 0 atom stereocenters. The highest BCUT2D eigenvalue weighted by molar-refractivity contribution is 7.16. The summed E-state index contributed by atoms with van der Waals surface area (Å²) in [6.07, 6.45) is 5.50. The molecule has 1 aliphatic rings. The number of thiazole rings is 1. The van der Waals surface area contributed by atoms with Crippen LogP contribution in [0.25, 0.3) is 10.2 Å². The molecule has 1 aliphatic heterocycles. The van der Waals surface area contributed by atoms with Crippen molar-refractivity contribution in [2.24, 2.45) is 4.99 Å². The quantitative estimate of drug-likeness (QED) is 0.657. The third-order valence-electron chi connectivity index (χ3n) is 4.07. The second-order valence-corrected chi connectivity index (χ2v) is 6.93. The van der Waals surface area contributed by atoms with Crippen LogP contribution in [0.4, 0.5) is 0 Å². The van der Waals surface area contributed by atoms with Gasteiger partial charge < -0.3 is 14.0 Å². The molecule has 5 nitrogen and oxygen atoms in total. The summed E-state index contributed by atoms with van der Waals surface area (Å²) in [5.41, 5.74) is 2.58. The topological polar surface area (TPSA) is 52.8 Å². The molecule has 26 heavy (non-hydrogen) atoms. The van der Waals surface area contributed by atoms with Crippen LogP contribution in [0, 0.1) is 19.3 Å². The third-order valence-corrected chi connectivity index (χ3v) is 5.12. The molecule has 2 aromatic carbocycles. The van der Waals surface area contributed by atoms with Gasteiger partial charge in [-0.3, -0.25) is 4.79 Å². The van der Waals surface area contributed by atoms with E-state index in [4.69, 9.17) is 15.9 Å². The van der Waals surface area contributed by atoms with Crippen molar-refractivity contribution >= 4 is 27.5 Å². The van der Waals surface area contributed by atoms with Gasteiger partial charge in [-0.05, 0) is 42.8 Å². The van der Waals surface area contributed by atoms with Gasteiger partial charge in [0.2, 0.25) is 0 Å². The Hall–Kier alpha value is -3.04. The van der Waals surface area contributed by atoms with E-state index in [1.54, 1.807) is 18.2 Å². The summed E-state index contributed by atoms with van der Waals surface area (Å²) in [5, 5.41) is 0. The average Bonchev–Trinajstić information content (AvgIpc) is 2.98. The van der Waals surface area contributed by atoms with Crippen molar-refractivity contribution in [3.8, 4) is 23.8 Å². The highest BCUT2D eigenvalue weighted by Crippen LogP contribution is 2.31. The number of fused-ring (bicyclic) bond motifs is 2. The van der Waals surface area contributed by atoms with E-state index < -0.39 is 0 Å². The fraction of sp³-hybridized carbons (Fsp3) is 0.200. The van der Waals surface area contributed by atoms with Gasteiger partial charge in [0.15, 0.2) is 16.3 Å².